The average Bonchev–Trinajstić information content (AvgIpc) is 2.55. The minimum absolute atomic E-state index is 0.319. The van der Waals surface area contributed by atoms with E-state index >= 15 is 0 Å². The van der Waals surface area contributed by atoms with E-state index in [-0.39, 0.29) is 0 Å². The van der Waals surface area contributed by atoms with Crippen LogP contribution in [0.15, 0.2) is 24.3 Å². The first-order valence-corrected chi connectivity index (χ1v) is 8.12. The number of benzene rings is 1. The predicted octanol–water partition coefficient (Wildman–Crippen LogP) is 1.05. The second-order valence-electron chi connectivity index (χ2n) is 5.79. The highest BCUT2D eigenvalue weighted by Crippen LogP contribution is 2.11. The third kappa shape index (κ3) is 6.75. The van der Waals surface area contributed by atoms with E-state index < -0.39 is 6.10 Å². The zero-order valence-corrected chi connectivity index (χ0v) is 13.5. The van der Waals surface area contributed by atoms with Gasteiger partial charge in [0.15, 0.2) is 0 Å². The van der Waals surface area contributed by atoms with Gasteiger partial charge in [0.2, 0.25) is 0 Å². The molecule has 0 unspecified atom stereocenters. The lowest BCUT2D eigenvalue weighted by Crippen LogP contribution is -2.38. The fraction of sp³-hybridized carbons (Fsp3) is 0.647. The molecule has 0 bridgehead atoms. The van der Waals surface area contributed by atoms with Crippen LogP contribution in [0.25, 0.3) is 0 Å². The number of nitrogens with one attached hydrogen (secondary N) is 1. The Morgan fingerprint density at radius 1 is 1.27 bits per heavy atom. The van der Waals surface area contributed by atoms with E-state index in [1.165, 1.54) is 5.56 Å². The van der Waals surface area contributed by atoms with Gasteiger partial charge in [0.25, 0.3) is 0 Å². The van der Waals surface area contributed by atoms with Gasteiger partial charge in [-0.05, 0) is 38.6 Å². The van der Waals surface area contributed by atoms with E-state index in [1.54, 1.807) is 0 Å². The molecule has 0 saturated carbocycles. The van der Waals surface area contributed by atoms with Gasteiger partial charge in [-0.2, -0.15) is 0 Å². The normalized spacial score (nSPS) is 17.4. The molecule has 1 aromatic carbocycles. The highest BCUT2D eigenvalue weighted by molar-refractivity contribution is 5.26. The molecule has 5 nitrogen and oxygen atoms in total. The summed E-state index contributed by atoms with van der Waals surface area (Å²) in [6.07, 6.45) is 0.607. The van der Waals surface area contributed by atoms with Crippen LogP contribution in [0.5, 0.6) is 5.75 Å². The molecule has 1 fully saturated rings. The molecule has 0 aromatic heterocycles. The number of ether oxygens (including phenoxy) is 2. The molecule has 0 radical (unpaired) electrons. The van der Waals surface area contributed by atoms with Crippen molar-refractivity contribution in [2.24, 2.45) is 0 Å². The Kier molecular flexibility index (Phi) is 7.66. The summed E-state index contributed by atoms with van der Waals surface area (Å²) in [5.41, 5.74) is 1.20. The van der Waals surface area contributed by atoms with Gasteiger partial charge in [-0.1, -0.05) is 17.7 Å². The topological polar surface area (TPSA) is 54.0 Å². The van der Waals surface area contributed by atoms with Crippen molar-refractivity contribution in [2.45, 2.75) is 19.4 Å². The molecule has 1 aliphatic heterocycles. The molecule has 124 valence electrons. The third-order valence-electron chi connectivity index (χ3n) is 3.77. The molecular formula is C17H28N2O3. The van der Waals surface area contributed by atoms with E-state index in [0.29, 0.717) is 13.2 Å². The lowest BCUT2D eigenvalue weighted by molar-refractivity contribution is 0.0373. The van der Waals surface area contributed by atoms with Gasteiger partial charge < -0.3 is 19.9 Å². The molecule has 0 aliphatic carbocycles. The molecule has 1 aliphatic rings. The predicted molar refractivity (Wildman–Crippen MR) is 87.4 cm³/mol. The molecule has 1 saturated heterocycles. The molecule has 2 rings (SSSR count). The van der Waals surface area contributed by atoms with Crippen molar-refractivity contribution in [1.82, 2.24) is 10.2 Å². The smallest absolute Gasteiger partial charge is 0.119 e. The van der Waals surface area contributed by atoms with E-state index in [4.69, 9.17) is 9.47 Å². The maximum atomic E-state index is 9.90. The summed E-state index contributed by atoms with van der Waals surface area (Å²) < 4.78 is 10.9. The number of aliphatic hydroxyl groups excluding tert-OH is 1. The Morgan fingerprint density at radius 3 is 2.73 bits per heavy atom. The molecule has 2 N–H and O–H groups in total. The van der Waals surface area contributed by atoms with Crippen LogP contribution < -0.4 is 10.1 Å². The zero-order chi connectivity index (χ0) is 15.6. The Balaban J connectivity index is 1.48. The molecule has 1 heterocycles. The van der Waals surface area contributed by atoms with Gasteiger partial charge in [0.1, 0.15) is 18.5 Å². The number of rotatable bonds is 9. The van der Waals surface area contributed by atoms with E-state index in [9.17, 15) is 5.11 Å². The first-order valence-electron chi connectivity index (χ1n) is 8.12. The van der Waals surface area contributed by atoms with Crippen LogP contribution in [-0.2, 0) is 4.74 Å². The Labute approximate surface area is 133 Å². The van der Waals surface area contributed by atoms with E-state index in [2.05, 4.69) is 10.2 Å². The highest BCUT2D eigenvalue weighted by Gasteiger charge is 2.09. The number of hydrogen-bond donors (Lipinski definition) is 2. The summed E-state index contributed by atoms with van der Waals surface area (Å²) >= 11 is 0. The lowest BCUT2D eigenvalue weighted by atomic mass is 10.2. The number of aliphatic hydroxyl groups is 1. The third-order valence-corrected chi connectivity index (χ3v) is 3.77. The van der Waals surface area contributed by atoms with Crippen molar-refractivity contribution in [3.8, 4) is 5.75 Å². The van der Waals surface area contributed by atoms with E-state index in [1.807, 2.05) is 31.2 Å². The number of aryl methyl sites for hydroxylation is 1. The van der Waals surface area contributed by atoms with Gasteiger partial charge in [-0.15, -0.1) is 0 Å². The monoisotopic (exact) mass is 308 g/mol. The van der Waals surface area contributed by atoms with Crippen LogP contribution in [0.3, 0.4) is 0 Å². The first-order chi connectivity index (χ1) is 10.7. The van der Waals surface area contributed by atoms with Crippen molar-refractivity contribution >= 4 is 0 Å². The quantitative estimate of drug-likeness (QED) is 0.668. The zero-order valence-electron chi connectivity index (χ0n) is 13.5. The molecule has 22 heavy (non-hydrogen) atoms. The number of morpholine rings is 1. The van der Waals surface area contributed by atoms with Gasteiger partial charge in [-0.25, -0.2) is 0 Å². The van der Waals surface area contributed by atoms with Crippen LogP contribution in [0.1, 0.15) is 12.0 Å². The van der Waals surface area contributed by atoms with Crippen LogP contribution in [0.4, 0.5) is 0 Å². The van der Waals surface area contributed by atoms with Gasteiger partial charge in [0, 0.05) is 19.6 Å². The standard InChI is InChI=1S/C17H28N2O3/c1-15-3-5-17(6-4-15)22-14-16(20)13-18-7-2-8-19-9-11-21-12-10-19/h3-6,16,18,20H,2,7-14H2,1H3/t16-/m0/s1. The van der Waals surface area contributed by atoms with Crippen molar-refractivity contribution < 1.29 is 14.6 Å². The van der Waals surface area contributed by atoms with Crippen molar-refractivity contribution in [1.29, 1.82) is 0 Å². The largest absolute Gasteiger partial charge is 0.491 e. The molecular weight excluding hydrogens is 280 g/mol. The van der Waals surface area contributed by atoms with Crippen molar-refractivity contribution in [2.75, 3.05) is 52.5 Å². The second kappa shape index (κ2) is 9.79. The molecule has 0 spiro atoms. The minimum atomic E-state index is -0.482. The Hall–Kier alpha value is -1.14. The van der Waals surface area contributed by atoms with Crippen molar-refractivity contribution in [3.05, 3.63) is 29.8 Å². The fourth-order valence-electron chi connectivity index (χ4n) is 2.41. The average molecular weight is 308 g/mol. The molecule has 5 heteroatoms. The Bertz CT molecular complexity index is 405. The highest BCUT2D eigenvalue weighted by atomic mass is 16.5. The summed E-state index contributed by atoms with van der Waals surface area (Å²) in [7, 11) is 0. The summed E-state index contributed by atoms with van der Waals surface area (Å²) in [6, 6.07) is 7.87. The van der Waals surface area contributed by atoms with Crippen LogP contribution in [0.2, 0.25) is 0 Å². The second-order valence-corrected chi connectivity index (χ2v) is 5.79. The summed E-state index contributed by atoms with van der Waals surface area (Å²) in [6.45, 7) is 8.70. The summed E-state index contributed by atoms with van der Waals surface area (Å²) in [5, 5.41) is 13.2. The van der Waals surface area contributed by atoms with Crippen LogP contribution in [-0.4, -0.2) is 68.7 Å². The van der Waals surface area contributed by atoms with Crippen LogP contribution in [0, 0.1) is 6.92 Å². The first kappa shape index (κ1) is 17.2. The summed E-state index contributed by atoms with van der Waals surface area (Å²) in [5.74, 6) is 0.803. The van der Waals surface area contributed by atoms with Gasteiger partial charge in [0.05, 0.1) is 13.2 Å². The lowest BCUT2D eigenvalue weighted by Gasteiger charge is -2.26. The molecule has 0 amide bonds. The van der Waals surface area contributed by atoms with Gasteiger partial charge >= 0.3 is 0 Å². The van der Waals surface area contributed by atoms with Gasteiger partial charge in [-0.3, -0.25) is 4.90 Å². The molecule has 1 aromatic rings. The van der Waals surface area contributed by atoms with E-state index in [0.717, 1.165) is 51.6 Å². The minimum Gasteiger partial charge on any atom is -0.491 e. The fourth-order valence-corrected chi connectivity index (χ4v) is 2.41. The number of nitrogens with zero attached hydrogens (tertiary/aromatic N) is 1. The number of hydrogen-bond acceptors (Lipinski definition) is 5. The maximum absolute atomic E-state index is 9.90. The Morgan fingerprint density at radius 2 is 2.00 bits per heavy atom. The summed E-state index contributed by atoms with van der Waals surface area (Å²) in [4.78, 5) is 2.42. The molecule has 1 atom stereocenters. The maximum Gasteiger partial charge on any atom is 0.119 e. The SMILES string of the molecule is Cc1ccc(OC[C@@H](O)CNCCCN2CCOCC2)cc1. The van der Waals surface area contributed by atoms with Crippen molar-refractivity contribution in [3.63, 3.8) is 0 Å². The van der Waals surface area contributed by atoms with Crippen LogP contribution >= 0.6 is 0 Å².